The first-order valence-corrected chi connectivity index (χ1v) is 5.02. The Balaban J connectivity index is 4.03. The molecule has 0 heterocycles. The Labute approximate surface area is 80.3 Å². The fourth-order valence-electron chi connectivity index (χ4n) is 1.18. The Morgan fingerprint density at radius 1 is 1.58 bits per heavy atom. The molecular formula is C9H20ClNO. The van der Waals surface area contributed by atoms with Gasteiger partial charge in [-0.05, 0) is 31.8 Å². The lowest BCUT2D eigenvalue weighted by Crippen LogP contribution is -2.35. The van der Waals surface area contributed by atoms with Gasteiger partial charge in [0.25, 0.3) is 0 Å². The van der Waals surface area contributed by atoms with Gasteiger partial charge in [0.2, 0.25) is 0 Å². The molecular weight excluding hydrogens is 174 g/mol. The van der Waals surface area contributed by atoms with E-state index in [9.17, 15) is 5.11 Å². The summed E-state index contributed by atoms with van der Waals surface area (Å²) in [7, 11) is 1.92. The maximum Gasteiger partial charge on any atom is 0.0729 e. The van der Waals surface area contributed by atoms with Crippen LogP contribution in [0.5, 0.6) is 0 Å². The lowest BCUT2D eigenvalue weighted by molar-refractivity contribution is 0.0457. The minimum atomic E-state index is -0.391. The van der Waals surface area contributed by atoms with E-state index < -0.39 is 6.10 Å². The molecule has 74 valence electrons. The molecule has 3 heteroatoms. The lowest BCUT2D eigenvalue weighted by Gasteiger charge is -2.32. The zero-order valence-electron chi connectivity index (χ0n) is 8.23. The highest BCUT2D eigenvalue weighted by atomic mass is 35.5. The average molecular weight is 194 g/mol. The number of aliphatic hydroxyl groups is 1. The topological polar surface area (TPSA) is 32.3 Å². The zero-order chi connectivity index (χ0) is 9.61. The standard InChI is InChI=1S/C9H20ClNO/c1-4-9(2,5-6-11-3)8(12)7-10/h8,11-12H,4-7H2,1-3H3/t8-,9?/m0/s1. The van der Waals surface area contributed by atoms with E-state index in [1.807, 2.05) is 7.05 Å². The molecule has 0 aliphatic carbocycles. The van der Waals surface area contributed by atoms with Crippen LogP contribution < -0.4 is 5.32 Å². The van der Waals surface area contributed by atoms with Crippen LogP contribution in [-0.4, -0.2) is 30.7 Å². The fourth-order valence-corrected chi connectivity index (χ4v) is 1.55. The van der Waals surface area contributed by atoms with Crippen molar-refractivity contribution in [2.45, 2.75) is 32.8 Å². The molecule has 0 aromatic heterocycles. The third-order valence-corrected chi connectivity index (χ3v) is 3.00. The van der Waals surface area contributed by atoms with Gasteiger partial charge in [-0.1, -0.05) is 13.8 Å². The van der Waals surface area contributed by atoms with Gasteiger partial charge in [0.05, 0.1) is 6.10 Å². The first-order valence-electron chi connectivity index (χ1n) is 4.49. The molecule has 0 spiro atoms. The molecule has 0 bridgehead atoms. The normalized spacial score (nSPS) is 18.8. The van der Waals surface area contributed by atoms with E-state index in [2.05, 4.69) is 19.2 Å². The molecule has 0 fully saturated rings. The van der Waals surface area contributed by atoms with Crippen LogP contribution in [0.15, 0.2) is 0 Å². The molecule has 0 aromatic carbocycles. The van der Waals surface area contributed by atoms with Crippen LogP contribution in [0.4, 0.5) is 0 Å². The maximum absolute atomic E-state index is 9.64. The van der Waals surface area contributed by atoms with Crippen molar-refractivity contribution >= 4 is 11.6 Å². The van der Waals surface area contributed by atoms with Gasteiger partial charge in [0.15, 0.2) is 0 Å². The second-order valence-electron chi connectivity index (χ2n) is 3.53. The van der Waals surface area contributed by atoms with Crippen LogP contribution in [0.3, 0.4) is 0 Å². The Hall–Kier alpha value is 0.210. The van der Waals surface area contributed by atoms with Crippen LogP contribution in [0.2, 0.25) is 0 Å². The van der Waals surface area contributed by atoms with Crippen molar-refractivity contribution in [2.75, 3.05) is 19.5 Å². The quantitative estimate of drug-likeness (QED) is 0.629. The van der Waals surface area contributed by atoms with Crippen molar-refractivity contribution in [1.82, 2.24) is 5.32 Å². The van der Waals surface area contributed by atoms with Crippen molar-refractivity contribution in [3.05, 3.63) is 0 Å². The van der Waals surface area contributed by atoms with Gasteiger partial charge < -0.3 is 10.4 Å². The van der Waals surface area contributed by atoms with E-state index in [1.165, 1.54) is 0 Å². The Bertz CT molecular complexity index is 121. The summed E-state index contributed by atoms with van der Waals surface area (Å²) in [5, 5.41) is 12.7. The lowest BCUT2D eigenvalue weighted by atomic mass is 9.79. The number of aliphatic hydroxyl groups excluding tert-OH is 1. The average Bonchev–Trinajstić information content (AvgIpc) is 2.12. The SMILES string of the molecule is CCC(C)(CCNC)[C@@H](O)CCl. The van der Waals surface area contributed by atoms with Crippen LogP contribution in [0.1, 0.15) is 26.7 Å². The zero-order valence-corrected chi connectivity index (χ0v) is 8.99. The second-order valence-corrected chi connectivity index (χ2v) is 3.84. The molecule has 0 amide bonds. The molecule has 12 heavy (non-hydrogen) atoms. The van der Waals surface area contributed by atoms with Gasteiger partial charge in [-0.3, -0.25) is 0 Å². The predicted molar refractivity (Wildman–Crippen MR) is 53.7 cm³/mol. The predicted octanol–water partition coefficient (Wildman–Crippen LogP) is 1.61. The molecule has 2 N–H and O–H groups in total. The highest BCUT2D eigenvalue weighted by Gasteiger charge is 2.29. The summed E-state index contributed by atoms with van der Waals surface area (Å²) in [4.78, 5) is 0. The summed E-state index contributed by atoms with van der Waals surface area (Å²) in [6, 6.07) is 0. The minimum Gasteiger partial charge on any atom is -0.391 e. The van der Waals surface area contributed by atoms with Crippen molar-refractivity contribution in [3.8, 4) is 0 Å². The molecule has 0 saturated carbocycles. The fraction of sp³-hybridized carbons (Fsp3) is 1.00. The highest BCUT2D eigenvalue weighted by Crippen LogP contribution is 2.30. The van der Waals surface area contributed by atoms with Crippen molar-refractivity contribution in [2.24, 2.45) is 5.41 Å². The molecule has 0 radical (unpaired) electrons. The molecule has 0 aromatic rings. The van der Waals surface area contributed by atoms with E-state index in [1.54, 1.807) is 0 Å². The minimum absolute atomic E-state index is 0.0369. The molecule has 0 saturated heterocycles. The van der Waals surface area contributed by atoms with Crippen LogP contribution in [0, 0.1) is 5.41 Å². The molecule has 0 aliphatic rings. The molecule has 2 atom stereocenters. The highest BCUT2D eigenvalue weighted by molar-refractivity contribution is 6.18. The van der Waals surface area contributed by atoms with Crippen LogP contribution >= 0.6 is 11.6 Å². The van der Waals surface area contributed by atoms with Crippen molar-refractivity contribution in [1.29, 1.82) is 0 Å². The summed E-state index contributed by atoms with van der Waals surface area (Å²) >= 11 is 5.62. The summed E-state index contributed by atoms with van der Waals surface area (Å²) in [5.41, 5.74) is -0.0369. The summed E-state index contributed by atoms with van der Waals surface area (Å²) in [6.45, 7) is 5.10. The van der Waals surface area contributed by atoms with Gasteiger partial charge in [0.1, 0.15) is 0 Å². The number of rotatable bonds is 6. The maximum atomic E-state index is 9.64. The molecule has 1 unspecified atom stereocenters. The van der Waals surface area contributed by atoms with Crippen LogP contribution in [0.25, 0.3) is 0 Å². The third kappa shape index (κ3) is 3.30. The van der Waals surface area contributed by atoms with Gasteiger partial charge in [-0.2, -0.15) is 0 Å². The Morgan fingerprint density at radius 3 is 2.50 bits per heavy atom. The van der Waals surface area contributed by atoms with Crippen molar-refractivity contribution < 1.29 is 5.11 Å². The van der Waals surface area contributed by atoms with Gasteiger partial charge in [-0.25, -0.2) is 0 Å². The number of halogens is 1. The van der Waals surface area contributed by atoms with Crippen LogP contribution in [-0.2, 0) is 0 Å². The molecule has 0 aliphatic heterocycles. The van der Waals surface area contributed by atoms with E-state index >= 15 is 0 Å². The number of nitrogens with one attached hydrogen (secondary N) is 1. The largest absolute Gasteiger partial charge is 0.391 e. The summed E-state index contributed by atoms with van der Waals surface area (Å²) < 4.78 is 0. The van der Waals surface area contributed by atoms with E-state index in [0.29, 0.717) is 5.88 Å². The smallest absolute Gasteiger partial charge is 0.0729 e. The van der Waals surface area contributed by atoms with E-state index in [-0.39, 0.29) is 5.41 Å². The number of alkyl halides is 1. The van der Waals surface area contributed by atoms with Gasteiger partial charge in [0, 0.05) is 5.88 Å². The van der Waals surface area contributed by atoms with Gasteiger partial charge in [-0.15, -0.1) is 11.6 Å². The Morgan fingerprint density at radius 2 is 2.17 bits per heavy atom. The van der Waals surface area contributed by atoms with Gasteiger partial charge >= 0.3 is 0 Å². The van der Waals surface area contributed by atoms with E-state index in [4.69, 9.17) is 11.6 Å². The van der Waals surface area contributed by atoms with Crippen molar-refractivity contribution in [3.63, 3.8) is 0 Å². The number of hydrogen-bond donors (Lipinski definition) is 2. The molecule has 0 rings (SSSR count). The molecule has 2 nitrogen and oxygen atoms in total. The first-order chi connectivity index (χ1) is 5.60. The number of hydrogen-bond acceptors (Lipinski definition) is 2. The summed E-state index contributed by atoms with van der Waals surface area (Å²) in [5.74, 6) is 0.327. The second kappa shape index (κ2) is 5.79. The summed E-state index contributed by atoms with van der Waals surface area (Å²) in [6.07, 6.45) is 1.54. The first kappa shape index (κ1) is 12.2. The third-order valence-electron chi connectivity index (χ3n) is 2.70. The monoisotopic (exact) mass is 193 g/mol. The Kier molecular flexibility index (Phi) is 5.89. The van der Waals surface area contributed by atoms with E-state index in [0.717, 1.165) is 19.4 Å².